The van der Waals surface area contributed by atoms with Crippen LogP contribution in [0.1, 0.15) is 39.0 Å². The van der Waals surface area contributed by atoms with Crippen LogP contribution in [0.5, 0.6) is 5.75 Å². The molecule has 0 spiro atoms. The lowest BCUT2D eigenvalue weighted by Gasteiger charge is -2.30. The fourth-order valence-electron chi connectivity index (χ4n) is 2.85. The molecule has 4 heteroatoms. The normalized spacial score (nSPS) is 17.1. The van der Waals surface area contributed by atoms with Crippen molar-refractivity contribution in [1.29, 1.82) is 0 Å². The third kappa shape index (κ3) is 3.79. The number of hydrogen-bond donors (Lipinski definition) is 2. The Labute approximate surface area is 121 Å². The number of hydrogen-bond acceptors (Lipinski definition) is 4. The Morgan fingerprint density at radius 1 is 1.30 bits per heavy atom. The minimum absolute atomic E-state index is 0.552. The van der Waals surface area contributed by atoms with E-state index in [1.165, 1.54) is 0 Å². The molecule has 0 aromatic heterocycles. The number of nitrogen functional groups attached to an aromatic ring is 1. The lowest BCUT2D eigenvalue weighted by molar-refractivity contribution is 0.0559. The quantitative estimate of drug-likeness (QED) is 0.786. The second-order valence-electron chi connectivity index (χ2n) is 5.90. The maximum atomic E-state index is 10.5. The van der Waals surface area contributed by atoms with E-state index in [1.807, 2.05) is 25.2 Å². The summed E-state index contributed by atoms with van der Waals surface area (Å²) in [6, 6.07) is 5.76. The van der Waals surface area contributed by atoms with Crippen LogP contribution in [0.3, 0.4) is 0 Å². The largest absolute Gasteiger partial charge is 0.493 e. The number of aliphatic hydroxyl groups is 1. The SMILES string of the molecule is CCCOc1cc(N)cc(N(C)CC2(O)CCCC2)c1. The van der Waals surface area contributed by atoms with Crippen molar-refractivity contribution < 1.29 is 9.84 Å². The molecule has 0 bridgehead atoms. The first-order chi connectivity index (χ1) is 9.52. The predicted octanol–water partition coefficient (Wildman–Crippen LogP) is 2.80. The molecule has 0 saturated heterocycles. The van der Waals surface area contributed by atoms with Gasteiger partial charge in [0.25, 0.3) is 0 Å². The van der Waals surface area contributed by atoms with E-state index in [-0.39, 0.29) is 0 Å². The molecule has 112 valence electrons. The van der Waals surface area contributed by atoms with E-state index in [1.54, 1.807) is 0 Å². The Kier molecular flexibility index (Phi) is 4.76. The van der Waals surface area contributed by atoms with Gasteiger partial charge in [0.2, 0.25) is 0 Å². The smallest absolute Gasteiger partial charge is 0.123 e. The van der Waals surface area contributed by atoms with Crippen molar-refractivity contribution in [1.82, 2.24) is 0 Å². The number of rotatable bonds is 6. The third-order valence-corrected chi connectivity index (χ3v) is 3.89. The van der Waals surface area contributed by atoms with Crippen LogP contribution in [0.25, 0.3) is 0 Å². The van der Waals surface area contributed by atoms with E-state index in [9.17, 15) is 5.11 Å². The number of anilines is 2. The Morgan fingerprint density at radius 2 is 2.00 bits per heavy atom. The topological polar surface area (TPSA) is 58.7 Å². The van der Waals surface area contributed by atoms with Gasteiger partial charge in [0.1, 0.15) is 5.75 Å². The zero-order valence-electron chi connectivity index (χ0n) is 12.6. The Morgan fingerprint density at radius 3 is 2.65 bits per heavy atom. The van der Waals surface area contributed by atoms with Gasteiger partial charge in [0.15, 0.2) is 0 Å². The molecule has 1 aliphatic carbocycles. The molecular weight excluding hydrogens is 252 g/mol. The summed E-state index contributed by atoms with van der Waals surface area (Å²) >= 11 is 0. The molecule has 1 fully saturated rings. The van der Waals surface area contributed by atoms with Crippen LogP contribution in [0.2, 0.25) is 0 Å². The summed E-state index contributed by atoms with van der Waals surface area (Å²) in [5, 5.41) is 10.5. The molecule has 20 heavy (non-hydrogen) atoms. The van der Waals surface area contributed by atoms with Crippen molar-refractivity contribution in [3.63, 3.8) is 0 Å². The van der Waals surface area contributed by atoms with Gasteiger partial charge in [0, 0.05) is 37.1 Å². The summed E-state index contributed by atoms with van der Waals surface area (Å²) in [5.74, 6) is 0.798. The third-order valence-electron chi connectivity index (χ3n) is 3.89. The molecule has 0 heterocycles. The first kappa shape index (κ1) is 15.0. The van der Waals surface area contributed by atoms with Crippen LogP contribution in [-0.2, 0) is 0 Å². The molecule has 0 aliphatic heterocycles. The van der Waals surface area contributed by atoms with Gasteiger partial charge in [-0.25, -0.2) is 0 Å². The van der Waals surface area contributed by atoms with Crippen LogP contribution in [0, 0.1) is 0 Å². The number of nitrogens with zero attached hydrogens (tertiary/aromatic N) is 1. The van der Waals surface area contributed by atoms with Crippen LogP contribution >= 0.6 is 0 Å². The summed E-state index contributed by atoms with van der Waals surface area (Å²) in [7, 11) is 1.99. The van der Waals surface area contributed by atoms with Crippen molar-refractivity contribution in [2.75, 3.05) is 30.8 Å². The van der Waals surface area contributed by atoms with Crippen molar-refractivity contribution >= 4 is 11.4 Å². The van der Waals surface area contributed by atoms with Crippen molar-refractivity contribution in [2.45, 2.75) is 44.6 Å². The molecule has 0 amide bonds. The summed E-state index contributed by atoms with van der Waals surface area (Å²) in [4.78, 5) is 2.07. The summed E-state index contributed by atoms with van der Waals surface area (Å²) < 4.78 is 5.65. The molecule has 2 rings (SSSR count). The zero-order chi connectivity index (χ0) is 14.6. The van der Waals surface area contributed by atoms with Gasteiger partial charge < -0.3 is 20.5 Å². The van der Waals surface area contributed by atoms with Crippen molar-refractivity contribution in [3.8, 4) is 5.75 Å². The Balaban J connectivity index is 2.08. The summed E-state index contributed by atoms with van der Waals surface area (Å²) in [5.41, 5.74) is 7.08. The molecule has 1 aromatic carbocycles. The molecule has 3 N–H and O–H groups in total. The van der Waals surface area contributed by atoms with Crippen LogP contribution in [0.4, 0.5) is 11.4 Å². The van der Waals surface area contributed by atoms with Crippen molar-refractivity contribution in [2.24, 2.45) is 0 Å². The minimum atomic E-state index is -0.552. The molecule has 0 radical (unpaired) electrons. The summed E-state index contributed by atoms with van der Waals surface area (Å²) in [6.45, 7) is 3.41. The minimum Gasteiger partial charge on any atom is -0.493 e. The number of likely N-dealkylation sites (N-methyl/N-ethyl adjacent to an activating group) is 1. The molecule has 1 aromatic rings. The van der Waals surface area contributed by atoms with E-state index in [0.717, 1.165) is 43.5 Å². The number of benzene rings is 1. The second kappa shape index (κ2) is 6.35. The fourth-order valence-corrected chi connectivity index (χ4v) is 2.85. The average Bonchev–Trinajstić information content (AvgIpc) is 2.82. The molecular formula is C16H26N2O2. The van der Waals surface area contributed by atoms with Crippen LogP contribution < -0.4 is 15.4 Å². The second-order valence-corrected chi connectivity index (χ2v) is 5.90. The predicted molar refractivity (Wildman–Crippen MR) is 83.3 cm³/mol. The summed E-state index contributed by atoms with van der Waals surface area (Å²) in [6.07, 6.45) is 4.98. The molecule has 0 unspecified atom stereocenters. The molecule has 1 aliphatic rings. The van der Waals surface area contributed by atoms with Gasteiger partial charge in [-0.15, -0.1) is 0 Å². The van der Waals surface area contributed by atoms with E-state index >= 15 is 0 Å². The van der Waals surface area contributed by atoms with Crippen LogP contribution in [0.15, 0.2) is 18.2 Å². The lowest BCUT2D eigenvalue weighted by atomic mass is 10.0. The van der Waals surface area contributed by atoms with Gasteiger partial charge in [0.05, 0.1) is 12.2 Å². The molecule has 1 saturated carbocycles. The van der Waals surface area contributed by atoms with Gasteiger partial charge in [-0.1, -0.05) is 19.8 Å². The zero-order valence-corrected chi connectivity index (χ0v) is 12.6. The number of nitrogens with two attached hydrogens (primary N) is 1. The maximum Gasteiger partial charge on any atom is 0.123 e. The van der Waals surface area contributed by atoms with E-state index in [2.05, 4.69) is 11.8 Å². The van der Waals surface area contributed by atoms with E-state index < -0.39 is 5.60 Å². The highest BCUT2D eigenvalue weighted by molar-refractivity contribution is 5.60. The van der Waals surface area contributed by atoms with Gasteiger partial charge >= 0.3 is 0 Å². The fraction of sp³-hybridized carbons (Fsp3) is 0.625. The molecule has 4 nitrogen and oxygen atoms in total. The monoisotopic (exact) mass is 278 g/mol. The van der Waals surface area contributed by atoms with Crippen LogP contribution in [-0.4, -0.2) is 30.9 Å². The van der Waals surface area contributed by atoms with Gasteiger partial charge in [-0.3, -0.25) is 0 Å². The maximum absolute atomic E-state index is 10.5. The highest BCUT2D eigenvalue weighted by Crippen LogP contribution is 2.32. The standard InChI is InChI=1S/C16H26N2O2/c1-3-8-20-15-10-13(17)9-14(11-15)18(2)12-16(19)6-4-5-7-16/h9-11,19H,3-8,12,17H2,1-2H3. The first-order valence-corrected chi connectivity index (χ1v) is 7.49. The van der Waals surface area contributed by atoms with Gasteiger partial charge in [-0.2, -0.15) is 0 Å². The first-order valence-electron chi connectivity index (χ1n) is 7.49. The number of ether oxygens (including phenoxy) is 1. The Bertz CT molecular complexity index is 442. The molecule has 0 atom stereocenters. The Hall–Kier alpha value is -1.42. The van der Waals surface area contributed by atoms with E-state index in [0.29, 0.717) is 18.8 Å². The lowest BCUT2D eigenvalue weighted by Crippen LogP contribution is -2.39. The van der Waals surface area contributed by atoms with E-state index in [4.69, 9.17) is 10.5 Å². The van der Waals surface area contributed by atoms with Gasteiger partial charge in [-0.05, 0) is 25.3 Å². The van der Waals surface area contributed by atoms with Crippen molar-refractivity contribution in [3.05, 3.63) is 18.2 Å². The highest BCUT2D eigenvalue weighted by atomic mass is 16.5. The average molecular weight is 278 g/mol. The highest BCUT2D eigenvalue weighted by Gasteiger charge is 2.32.